The van der Waals surface area contributed by atoms with E-state index >= 15 is 0 Å². The van der Waals surface area contributed by atoms with Gasteiger partial charge in [-0.05, 0) is 30.7 Å². The van der Waals surface area contributed by atoms with Crippen LogP contribution in [0.1, 0.15) is 12.5 Å². The summed E-state index contributed by atoms with van der Waals surface area (Å²) in [4.78, 5) is 22.5. The van der Waals surface area contributed by atoms with Crippen LogP contribution in [-0.2, 0) is 14.3 Å². The molecule has 84 valence electrons. The number of methoxy groups -OCH3 is 1. The molecule has 4 heteroatoms. The number of hydrogen-bond donors (Lipinski definition) is 0. The number of ether oxygens (including phenoxy) is 1. The van der Waals surface area contributed by atoms with E-state index in [1.807, 2.05) is 0 Å². The molecular formula is C12H11ClO3. The first kappa shape index (κ1) is 12.5. The maximum Gasteiger partial charge on any atom is 0.341 e. The number of carbonyl (C=O) groups excluding carboxylic acids is 2. The van der Waals surface area contributed by atoms with Crippen molar-refractivity contribution in [3.63, 3.8) is 0 Å². The number of hydrogen-bond acceptors (Lipinski definition) is 3. The summed E-state index contributed by atoms with van der Waals surface area (Å²) in [6.07, 6.45) is 1.46. The number of carbonyl (C=O) groups is 2. The Morgan fingerprint density at radius 3 is 2.56 bits per heavy atom. The molecule has 0 unspecified atom stereocenters. The molecule has 0 aliphatic heterocycles. The molecule has 0 N–H and O–H groups in total. The SMILES string of the molecule is COC(=O)/C(=C/c1cccc(Cl)c1)C(C)=O. The van der Waals surface area contributed by atoms with Crippen molar-refractivity contribution in [1.29, 1.82) is 0 Å². The standard InChI is InChI=1S/C12H11ClO3/c1-8(14)11(12(15)16-2)7-9-4-3-5-10(13)6-9/h3-7H,1-2H3/b11-7+. The molecule has 0 saturated heterocycles. The third-order valence-electron chi connectivity index (χ3n) is 1.94. The van der Waals surface area contributed by atoms with Crippen molar-refractivity contribution in [2.45, 2.75) is 6.92 Å². The van der Waals surface area contributed by atoms with Gasteiger partial charge >= 0.3 is 5.97 Å². The van der Waals surface area contributed by atoms with Gasteiger partial charge in [-0.2, -0.15) is 0 Å². The highest BCUT2D eigenvalue weighted by Crippen LogP contribution is 2.14. The van der Waals surface area contributed by atoms with E-state index in [1.54, 1.807) is 24.3 Å². The molecule has 0 radical (unpaired) electrons. The average Bonchev–Trinajstić information content (AvgIpc) is 2.24. The molecule has 0 heterocycles. The van der Waals surface area contributed by atoms with Crippen LogP contribution in [0.15, 0.2) is 29.8 Å². The first-order valence-corrected chi connectivity index (χ1v) is 4.99. The Hall–Kier alpha value is -1.61. The Labute approximate surface area is 98.7 Å². The first-order chi connectivity index (χ1) is 7.54. The predicted octanol–water partition coefficient (Wildman–Crippen LogP) is 2.49. The number of ketones is 1. The number of Topliss-reactive ketones (excluding diaryl/α,β-unsaturated/α-hetero) is 1. The maximum absolute atomic E-state index is 11.3. The summed E-state index contributed by atoms with van der Waals surface area (Å²) in [6.45, 7) is 1.31. The van der Waals surface area contributed by atoms with Crippen molar-refractivity contribution in [3.05, 3.63) is 40.4 Å². The zero-order valence-corrected chi connectivity index (χ0v) is 9.75. The van der Waals surface area contributed by atoms with Crippen LogP contribution in [0.2, 0.25) is 5.02 Å². The molecule has 0 bridgehead atoms. The highest BCUT2D eigenvalue weighted by molar-refractivity contribution is 6.30. The van der Waals surface area contributed by atoms with Gasteiger partial charge in [0.2, 0.25) is 0 Å². The van der Waals surface area contributed by atoms with Crippen LogP contribution in [0.5, 0.6) is 0 Å². The predicted molar refractivity (Wildman–Crippen MR) is 62.1 cm³/mol. The quantitative estimate of drug-likeness (QED) is 0.352. The van der Waals surface area contributed by atoms with E-state index in [0.717, 1.165) is 0 Å². The van der Waals surface area contributed by atoms with Gasteiger partial charge in [0.15, 0.2) is 5.78 Å². The lowest BCUT2D eigenvalue weighted by atomic mass is 10.1. The summed E-state index contributed by atoms with van der Waals surface area (Å²) in [5.41, 5.74) is 0.688. The zero-order chi connectivity index (χ0) is 12.1. The van der Waals surface area contributed by atoms with E-state index in [0.29, 0.717) is 10.6 Å². The summed E-state index contributed by atoms with van der Waals surface area (Å²) >= 11 is 5.79. The fraction of sp³-hybridized carbons (Fsp3) is 0.167. The van der Waals surface area contributed by atoms with Crippen LogP contribution in [0, 0.1) is 0 Å². The molecule has 1 aromatic rings. The Kier molecular flexibility index (Phi) is 4.26. The van der Waals surface area contributed by atoms with Crippen LogP contribution in [0.25, 0.3) is 6.08 Å². The van der Waals surface area contributed by atoms with Gasteiger partial charge in [-0.25, -0.2) is 4.79 Å². The van der Waals surface area contributed by atoms with E-state index in [-0.39, 0.29) is 11.4 Å². The van der Waals surface area contributed by atoms with Crippen molar-refractivity contribution in [3.8, 4) is 0 Å². The molecule has 0 spiro atoms. The van der Waals surface area contributed by atoms with Crippen molar-refractivity contribution in [2.24, 2.45) is 0 Å². The monoisotopic (exact) mass is 238 g/mol. The molecule has 0 aliphatic carbocycles. The highest BCUT2D eigenvalue weighted by Gasteiger charge is 2.14. The van der Waals surface area contributed by atoms with Crippen LogP contribution < -0.4 is 0 Å². The third-order valence-corrected chi connectivity index (χ3v) is 2.18. The summed E-state index contributed by atoms with van der Waals surface area (Å²) in [6, 6.07) is 6.86. The van der Waals surface area contributed by atoms with Crippen LogP contribution in [0.4, 0.5) is 0 Å². The van der Waals surface area contributed by atoms with Gasteiger partial charge in [0, 0.05) is 5.02 Å². The second-order valence-electron chi connectivity index (χ2n) is 3.16. The maximum atomic E-state index is 11.3. The molecule has 0 aliphatic rings. The van der Waals surface area contributed by atoms with E-state index in [4.69, 9.17) is 11.6 Å². The number of benzene rings is 1. The van der Waals surface area contributed by atoms with Crippen molar-refractivity contribution in [2.75, 3.05) is 7.11 Å². The van der Waals surface area contributed by atoms with Crippen LogP contribution in [-0.4, -0.2) is 18.9 Å². The Balaban J connectivity index is 3.12. The fourth-order valence-electron chi connectivity index (χ4n) is 1.18. The van der Waals surface area contributed by atoms with Gasteiger partial charge in [0.1, 0.15) is 5.57 Å². The second-order valence-corrected chi connectivity index (χ2v) is 3.60. The summed E-state index contributed by atoms with van der Waals surface area (Å²) < 4.78 is 4.52. The Morgan fingerprint density at radius 1 is 1.38 bits per heavy atom. The van der Waals surface area contributed by atoms with Crippen LogP contribution >= 0.6 is 11.6 Å². The second kappa shape index (κ2) is 5.47. The van der Waals surface area contributed by atoms with Crippen LogP contribution in [0.3, 0.4) is 0 Å². The third kappa shape index (κ3) is 3.21. The number of halogens is 1. The van der Waals surface area contributed by atoms with E-state index < -0.39 is 5.97 Å². The lowest BCUT2D eigenvalue weighted by Crippen LogP contribution is -2.11. The zero-order valence-electron chi connectivity index (χ0n) is 8.99. The molecular weight excluding hydrogens is 228 g/mol. The Morgan fingerprint density at radius 2 is 2.06 bits per heavy atom. The largest absolute Gasteiger partial charge is 0.465 e. The van der Waals surface area contributed by atoms with Gasteiger partial charge in [-0.3, -0.25) is 4.79 Å². The molecule has 0 atom stereocenters. The molecule has 0 fully saturated rings. The van der Waals surface area contributed by atoms with Gasteiger partial charge in [0.05, 0.1) is 7.11 Å². The van der Waals surface area contributed by atoms with E-state index in [1.165, 1.54) is 20.1 Å². The average molecular weight is 239 g/mol. The molecule has 1 aromatic carbocycles. The lowest BCUT2D eigenvalue weighted by molar-refractivity contribution is -0.137. The summed E-state index contributed by atoms with van der Waals surface area (Å²) in [5.74, 6) is -0.987. The topological polar surface area (TPSA) is 43.4 Å². The molecule has 0 saturated carbocycles. The number of esters is 1. The normalized spacial score (nSPS) is 11.1. The van der Waals surface area contributed by atoms with E-state index in [2.05, 4.69) is 4.74 Å². The summed E-state index contributed by atoms with van der Waals surface area (Å²) in [7, 11) is 1.23. The molecule has 3 nitrogen and oxygen atoms in total. The van der Waals surface area contributed by atoms with Crippen molar-refractivity contribution in [1.82, 2.24) is 0 Å². The Bertz CT molecular complexity index is 449. The van der Waals surface area contributed by atoms with Gasteiger partial charge in [0.25, 0.3) is 0 Å². The van der Waals surface area contributed by atoms with Crippen molar-refractivity contribution < 1.29 is 14.3 Å². The number of rotatable bonds is 3. The van der Waals surface area contributed by atoms with Gasteiger partial charge in [-0.15, -0.1) is 0 Å². The van der Waals surface area contributed by atoms with Gasteiger partial charge in [-0.1, -0.05) is 23.7 Å². The minimum absolute atomic E-state index is 0.00441. The molecule has 0 amide bonds. The van der Waals surface area contributed by atoms with Gasteiger partial charge < -0.3 is 4.74 Å². The molecule has 1 rings (SSSR count). The fourth-order valence-corrected chi connectivity index (χ4v) is 1.38. The lowest BCUT2D eigenvalue weighted by Gasteiger charge is -2.01. The minimum Gasteiger partial charge on any atom is -0.465 e. The summed E-state index contributed by atoms with van der Waals surface area (Å²) in [5, 5.41) is 0.543. The van der Waals surface area contributed by atoms with Crippen molar-refractivity contribution >= 4 is 29.4 Å². The van der Waals surface area contributed by atoms with E-state index in [9.17, 15) is 9.59 Å². The molecule has 16 heavy (non-hydrogen) atoms. The first-order valence-electron chi connectivity index (χ1n) is 4.61. The highest BCUT2D eigenvalue weighted by atomic mass is 35.5. The minimum atomic E-state index is -0.646. The smallest absolute Gasteiger partial charge is 0.341 e. The molecule has 0 aromatic heterocycles.